The minimum atomic E-state index is -0.711. The molecule has 0 saturated heterocycles. The molecule has 0 amide bonds. The second-order valence-electron chi connectivity index (χ2n) is 3.85. The molecule has 18 heavy (non-hydrogen) atoms. The number of nitrogens with one attached hydrogen (secondary N) is 1. The van der Waals surface area contributed by atoms with Gasteiger partial charge in [-0.3, -0.25) is 10.1 Å². The van der Waals surface area contributed by atoms with Crippen LogP contribution in [0.5, 0.6) is 5.75 Å². The third-order valence-corrected chi connectivity index (χ3v) is 2.73. The summed E-state index contributed by atoms with van der Waals surface area (Å²) in [6, 6.07) is 3.11. The number of aliphatic hydroxyl groups is 1. The van der Waals surface area contributed by atoms with E-state index in [1.165, 1.54) is 6.07 Å². The molecule has 0 heterocycles. The molecule has 7 heteroatoms. The summed E-state index contributed by atoms with van der Waals surface area (Å²) < 4.78 is 5.97. The topological polar surface area (TPSA) is 84.6 Å². The SMILES string of the molecule is CNCC(O)COc1c(C)cc(Br)cc1[N+](=O)[O-]. The van der Waals surface area contributed by atoms with Crippen LogP contribution in [0.25, 0.3) is 0 Å². The first-order valence-corrected chi connectivity index (χ1v) is 6.15. The van der Waals surface area contributed by atoms with E-state index in [2.05, 4.69) is 21.2 Å². The molecule has 0 aliphatic heterocycles. The van der Waals surface area contributed by atoms with Gasteiger partial charge in [0.25, 0.3) is 0 Å². The van der Waals surface area contributed by atoms with Crippen molar-refractivity contribution in [2.45, 2.75) is 13.0 Å². The lowest BCUT2D eigenvalue weighted by Crippen LogP contribution is -2.29. The van der Waals surface area contributed by atoms with Crippen molar-refractivity contribution in [3.63, 3.8) is 0 Å². The van der Waals surface area contributed by atoms with Crippen LogP contribution in [0.3, 0.4) is 0 Å². The number of hydrogen-bond donors (Lipinski definition) is 2. The van der Waals surface area contributed by atoms with Crippen LogP contribution in [0.2, 0.25) is 0 Å². The largest absolute Gasteiger partial charge is 0.484 e. The molecule has 0 spiro atoms. The van der Waals surface area contributed by atoms with Crippen LogP contribution in [0.4, 0.5) is 5.69 Å². The molecule has 0 fully saturated rings. The third kappa shape index (κ3) is 3.94. The minimum Gasteiger partial charge on any atom is -0.484 e. The average Bonchev–Trinajstić information content (AvgIpc) is 2.27. The summed E-state index contributed by atoms with van der Waals surface area (Å²) in [4.78, 5) is 10.4. The Bertz CT molecular complexity index is 439. The van der Waals surface area contributed by atoms with E-state index in [-0.39, 0.29) is 18.0 Å². The first-order chi connectivity index (χ1) is 8.45. The Morgan fingerprint density at radius 2 is 2.28 bits per heavy atom. The number of nitro benzene ring substituents is 1. The smallest absolute Gasteiger partial charge is 0.312 e. The number of nitrogens with zero attached hydrogens (tertiary/aromatic N) is 1. The highest BCUT2D eigenvalue weighted by Crippen LogP contribution is 2.34. The van der Waals surface area contributed by atoms with Crippen LogP contribution in [-0.2, 0) is 0 Å². The van der Waals surface area contributed by atoms with Crippen LogP contribution in [0.1, 0.15) is 5.56 Å². The lowest BCUT2D eigenvalue weighted by molar-refractivity contribution is -0.386. The maximum atomic E-state index is 10.9. The van der Waals surface area contributed by atoms with Crippen LogP contribution in [-0.4, -0.2) is 36.3 Å². The lowest BCUT2D eigenvalue weighted by Gasteiger charge is -2.13. The Hall–Kier alpha value is -1.18. The van der Waals surface area contributed by atoms with Crippen molar-refractivity contribution in [3.8, 4) is 5.75 Å². The van der Waals surface area contributed by atoms with Crippen LogP contribution in [0, 0.1) is 17.0 Å². The Morgan fingerprint density at radius 1 is 1.61 bits per heavy atom. The van der Waals surface area contributed by atoms with Gasteiger partial charge >= 0.3 is 5.69 Å². The second-order valence-corrected chi connectivity index (χ2v) is 4.77. The Balaban J connectivity index is 2.90. The Labute approximate surface area is 113 Å². The summed E-state index contributed by atoms with van der Waals surface area (Å²) in [5, 5.41) is 23.2. The van der Waals surface area contributed by atoms with Crippen molar-refractivity contribution >= 4 is 21.6 Å². The molecule has 1 aromatic carbocycles. The van der Waals surface area contributed by atoms with Gasteiger partial charge in [-0.05, 0) is 25.6 Å². The third-order valence-electron chi connectivity index (χ3n) is 2.28. The zero-order valence-corrected chi connectivity index (χ0v) is 11.7. The zero-order chi connectivity index (χ0) is 13.7. The molecular formula is C11H15BrN2O4. The van der Waals surface area contributed by atoms with E-state index in [1.807, 2.05) is 0 Å². The van der Waals surface area contributed by atoms with Crippen molar-refractivity contribution in [2.24, 2.45) is 0 Å². The molecule has 0 aliphatic rings. The van der Waals surface area contributed by atoms with Gasteiger partial charge in [-0.1, -0.05) is 15.9 Å². The fourth-order valence-corrected chi connectivity index (χ4v) is 2.07. The fraction of sp³-hybridized carbons (Fsp3) is 0.455. The highest BCUT2D eigenvalue weighted by Gasteiger charge is 2.19. The maximum absolute atomic E-state index is 10.9. The molecule has 1 atom stereocenters. The average molecular weight is 319 g/mol. The number of rotatable bonds is 6. The number of nitro groups is 1. The van der Waals surface area contributed by atoms with Crippen molar-refractivity contribution in [1.82, 2.24) is 5.32 Å². The van der Waals surface area contributed by atoms with E-state index >= 15 is 0 Å². The van der Waals surface area contributed by atoms with Gasteiger partial charge in [0, 0.05) is 17.1 Å². The Kier molecular flexibility index (Phi) is 5.52. The summed E-state index contributed by atoms with van der Waals surface area (Å²) in [5.74, 6) is 0.193. The zero-order valence-electron chi connectivity index (χ0n) is 10.1. The number of hydrogen-bond acceptors (Lipinski definition) is 5. The van der Waals surface area contributed by atoms with E-state index < -0.39 is 11.0 Å². The molecule has 0 aromatic heterocycles. The molecule has 0 aliphatic carbocycles. The van der Waals surface area contributed by atoms with Crippen LogP contribution < -0.4 is 10.1 Å². The van der Waals surface area contributed by atoms with Gasteiger partial charge in [0.05, 0.1) is 4.92 Å². The van der Waals surface area contributed by atoms with Crippen molar-refractivity contribution in [2.75, 3.05) is 20.2 Å². The van der Waals surface area contributed by atoms with Gasteiger partial charge in [-0.25, -0.2) is 0 Å². The lowest BCUT2D eigenvalue weighted by atomic mass is 10.2. The highest BCUT2D eigenvalue weighted by atomic mass is 79.9. The number of ether oxygens (including phenoxy) is 1. The van der Waals surface area contributed by atoms with Gasteiger partial charge in [0.1, 0.15) is 12.7 Å². The first kappa shape index (κ1) is 14.9. The number of benzene rings is 1. The normalized spacial score (nSPS) is 12.2. The standard InChI is InChI=1S/C11H15BrN2O4/c1-7-3-8(12)4-10(14(16)17)11(7)18-6-9(15)5-13-2/h3-4,9,13,15H,5-6H2,1-2H3. The number of aryl methyl sites for hydroxylation is 1. The van der Waals surface area contributed by atoms with Gasteiger partial charge < -0.3 is 15.2 Å². The van der Waals surface area contributed by atoms with E-state index in [0.717, 1.165) is 0 Å². The summed E-state index contributed by atoms with van der Waals surface area (Å²) >= 11 is 3.20. The molecule has 0 radical (unpaired) electrons. The maximum Gasteiger partial charge on any atom is 0.312 e. The van der Waals surface area contributed by atoms with Crippen molar-refractivity contribution in [3.05, 3.63) is 32.3 Å². The number of halogens is 1. The Morgan fingerprint density at radius 3 is 2.83 bits per heavy atom. The molecule has 6 nitrogen and oxygen atoms in total. The fourth-order valence-electron chi connectivity index (χ4n) is 1.51. The summed E-state index contributed by atoms with van der Waals surface area (Å²) in [7, 11) is 1.70. The summed E-state index contributed by atoms with van der Waals surface area (Å²) in [5.41, 5.74) is 0.534. The van der Waals surface area contributed by atoms with Crippen LogP contribution >= 0.6 is 15.9 Å². The number of likely N-dealkylation sites (N-methyl/N-ethyl adjacent to an activating group) is 1. The van der Waals surface area contributed by atoms with Gasteiger partial charge in [0.2, 0.25) is 0 Å². The monoisotopic (exact) mass is 318 g/mol. The minimum absolute atomic E-state index is 0.00412. The molecule has 100 valence electrons. The molecule has 0 bridgehead atoms. The first-order valence-electron chi connectivity index (χ1n) is 5.35. The van der Waals surface area contributed by atoms with E-state index in [0.29, 0.717) is 16.6 Å². The summed E-state index contributed by atoms with van der Waals surface area (Å²) in [6.45, 7) is 2.09. The highest BCUT2D eigenvalue weighted by molar-refractivity contribution is 9.10. The quantitative estimate of drug-likeness (QED) is 0.615. The number of aliphatic hydroxyl groups excluding tert-OH is 1. The molecule has 0 saturated carbocycles. The van der Waals surface area contributed by atoms with Gasteiger partial charge in [0.15, 0.2) is 5.75 Å². The summed E-state index contributed by atoms with van der Waals surface area (Å²) in [6.07, 6.45) is -0.711. The molecule has 1 aromatic rings. The molecular weight excluding hydrogens is 304 g/mol. The second kappa shape index (κ2) is 6.67. The molecule has 1 rings (SSSR count). The van der Waals surface area contributed by atoms with Gasteiger partial charge in [-0.15, -0.1) is 0 Å². The van der Waals surface area contributed by atoms with E-state index in [9.17, 15) is 15.2 Å². The molecule has 1 unspecified atom stereocenters. The van der Waals surface area contributed by atoms with Crippen LogP contribution in [0.15, 0.2) is 16.6 Å². The van der Waals surface area contributed by atoms with Gasteiger partial charge in [-0.2, -0.15) is 0 Å². The molecule has 2 N–H and O–H groups in total. The van der Waals surface area contributed by atoms with Crippen molar-refractivity contribution < 1.29 is 14.8 Å². The van der Waals surface area contributed by atoms with E-state index in [4.69, 9.17) is 4.74 Å². The van der Waals surface area contributed by atoms with E-state index in [1.54, 1.807) is 20.0 Å². The predicted molar refractivity (Wildman–Crippen MR) is 71.0 cm³/mol. The predicted octanol–water partition coefficient (Wildman–Crippen LogP) is 1.62. The van der Waals surface area contributed by atoms with Crippen molar-refractivity contribution in [1.29, 1.82) is 0 Å².